The number of esters is 1. The molecule has 3 aromatic heterocycles. The van der Waals surface area contributed by atoms with Gasteiger partial charge in [0.1, 0.15) is 47.8 Å². The predicted octanol–water partition coefficient (Wildman–Crippen LogP) is 3.78. The molecule has 1 aliphatic heterocycles. The van der Waals surface area contributed by atoms with Gasteiger partial charge < -0.3 is 34.7 Å². The van der Waals surface area contributed by atoms with E-state index in [4.69, 9.17) is 29.0 Å². The van der Waals surface area contributed by atoms with Crippen LogP contribution in [0.5, 0.6) is 11.6 Å². The van der Waals surface area contributed by atoms with Crippen molar-refractivity contribution >= 4 is 64.3 Å². The van der Waals surface area contributed by atoms with E-state index >= 15 is 0 Å². The number of methoxy groups -OCH3 is 1. The molecule has 0 aliphatic carbocycles. The summed E-state index contributed by atoms with van der Waals surface area (Å²) in [6.07, 6.45) is -2.70. The number of halogens is 3. The first-order valence-electron chi connectivity index (χ1n) is 15.2. The van der Waals surface area contributed by atoms with Gasteiger partial charge in [0.2, 0.25) is 11.8 Å². The van der Waals surface area contributed by atoms with Gasteiger partial charge >= 0.3 is 13.7 Å². The lowest BCUT2D eigenvalue weighted by Gasteiger charge is -2.28. The van der Waals surface area contributed by atoms with Crippen molar-refractivity contribution in [2.24, 2.45) is 0 Å². The highest BCUT2D eigenvalue weighted by Crippen LogP contribution is 2.49. The highest BCUT2D eigenvalue weighted by Gasteiger charge is 2.55. The molecule has 5 aromatic rings. The molecule has 3 unspecified atom stereocenters. The largest absolute Gasteiger partial charge is 0.479 e. The number of benzene rings is 2. The highest BCUT2D eigenvalue weighted by atomic mass is 127. The lowest BCUT2D eigenvalue weighted by atomic mass is 9.96. The van der Waals surface area contributed by atoms with Crippen LogP contribution in [0.15, 0.2) is 54.7 Å². The van der Waals surface area contributed by atoms with Crippen LogP contribution in [0.2, 0.25) is 0 Å². The van der Waals surface area contributed by atoms with E-state index < -0.39 is 68.6 Å². The van der Waals surface area contributed by atoms with Crippen LogP contribution in [0, 0.1) is 15.5 Å². The Hall–Kier alpha value is -4.11. The van der Waals surface area contributed by atoms with E-state index in [1.807, 2.05) is 22.6 Å². The summed E-state index contributed by atoms with van der Waals surface area (Å²) in [6.45, 7) is 1.46. The summed E-state index contributed by atoms with van der Waals surface area (Å²) in [7, 11) is -3.21. The molecular weight excluding hydrogens is 810 g/mol. The molecule has 4 heterocycles. The third-order valence-electron chi connectivity index (χ3n) is 7.99. The van der Waals surface area contributed by atoms with Crippen LogP contribution in [0.3, 0.4) is 0 Å². The topological polar surface area (TPSA) is 215 Å². The first-order valence-corrected chi connectivity index (χ1v) is 17.8. The zero-order valence-corrected chi connectivity index (χ0v) is 30.1. The van der Waals surface area contributed by atoms with Crippen molar-refractivity contribution in [3.8, 4) is 11.6 Å². The average molecular weight is 842 g/mol. The molecule has 1 aliphatic rings. The molecule has 2 aromatic carbocycles. The van der Waals surface area contributed by atoms with Gasteiger partial charge in [-0.25, -0.2) is 18.3 Å². The van der Waals surface area contributed by atoms with Gasteiger partial charge in [-0.2, -0.15) is 15.1 Å². The summed E-state index contributed by atoms with van der Waals surface area (Å²) < 4.78 is 71.8. The van der Waals surface area contributed by atoms with Crippen LogP contribution in [0.4, 0.5) is 14.7 Å². The first kappa shape index (κ1) is 36.7. The smallest absolute Gasteiger partial charge is 0.459 e. The number of carbonyl (C=O) groups is 1. The van der Waals surface area contributed by atoms with E-state index in [1.54, 1.807) is 30.5 Å². The number of carbonyl (C=O) groups excluding carboxylic acids is 1. The van der Waals surface area contributed by atoms with Crippen molar-refractivity contribution in [2.75, 3.05) is 19.5 Å². The van der Waals surface area contributed by atoms with Crippen molar-refractivity contribution in [3.05, 3.63) is 75.8 Å². The number of hydrogen-bond donors (Lipinski definition) is 4. The number of aromatic nitrogens is 5. The van der Waals surface area contributed by atoms with E-state index in [0.29, 0.717) is 17.0 Å². The number of nitrogens with two attached hydrogens (primary N) is 1. The molecule has 0 radical (unpaired) electrons. The Bertz CT molecular complexity index is 2150. The minimum atomic E-state index is -4.58. The van der Waals surface area contributed by atoms with Gasteiger partial charge in [-0.05, 0) is 50.2 Å². The maximum atomic E-state index is 14.4. The molecule has 0 bridgehead atoms. The Morgan fingerprint density at radius 1 is 1.22 bits per heavy atom. The minimum Gasteiger partial charge on any atom is -0.479 e. The monoisotopic (exact) mass is 841 g/mol. The summed E-state index contributed by atoms with van der Waals surface area (Å²) in [5, 5.41) is 25.8. The average Bonchev–Trinajstić information content (AvgIpc) is 3.52. The fourth-order valence-corrected chi connectivity index (χ4v) is 7.63. The van der Waals surface area contributed by atoms with Gasteiger partial charge in [-0.1, -0.05) is 6.07 Å². The molecule has 16 nitrogen and oxygen atoms in total. The molecule has 0 spiro atoms. The maximum Gasteiger partial charge on any atom is 0.459 e. The van der Waals surface area contributed by atoms with Gasteiger partial charge in [0, 0.05) is 45.8 Å². The van der Waals surface area contributed by atoms with E-state index in [9.17, 15) is 28.4 Å². The van der Waals surface area contributed by atoms with Crippen molar-refractivity contribution in [2.45, 2.75) is 50.5 Å². The molecule has 0 saturated carbocycles. The Morgan fingerprint density at radius 2 is 2.00 bits per heavy atom. The lowest BCUT2D eigenvalue weighted by Crippen LogP contribution is -2.45. The fourth-order valence-electron chi connectivity index (χ4n) is 5.39. The van der Waals surface area contributed by atoms with Crippen molar-refractivity contribution in [1.82, 2.24) is 29.6 Å². The third kappa shape index (κ3) is 7.46. The summed E-state index contributed by atoms with van der Waals surface area (Å²) in [4.78, 5) is 29.9. The first-order chi connectivity index (χ1) is 24.2. The molecule has 20 heteroatoms. The number of pyridine rings is 1. The number of ether oxygens (including phenoxy) is 3. The molecule has 51 heavy (non-hydrogen) atoms. The summed E-state index contributed by atoms with van der Waals surface area (Å²) in [5.41, 5.74) is 4.68. The minimum absolute atomic E-state index is 0.0776. The molecule has 6 rings (SSSR count). The van der Waals surface area contributed by atoms with Gasteiger partial charge in [0.05, 0.1) is 19.2 Å². The second-order valence-electron chi connectivity index (χ2n) is 11.6. The molecular formula is C31H31F2IN7O9P. The maximum absolute atomic E-state index is 14.4. The van der Waals surface area contributed by atoms with E-state index in [0.717, 1.165) is 12.1 Å². The van der Waals surface area contributed by atoms with E-state index in [2.05, 4.69) is 25.0 Å². The van der Waals surface area contributed by atoms with Gasteiger partial charge in [-0.15, -0.1) is 0 Å². The quantitative estimate of drug-likeness (QED) is 0.0609. The van der Waals surface area contributed by atoms with Crippen molar-refractivity contribution in [1.29, 1.82) is 0 Å². The number of fused-ring (bicyclic) bond motifs is 2. The van der Waals surface area contributed by atoms with Crippen LogP contribution < -0.4 is 20.1 Å². The van der Waals surface area contributed by atoms with Crippen LogP contribution in [0.25, 0.3) is 22.1 Å². The fraction of sp³-hybridized carbons (Fsp3) is 0.323. The number of rotatable bonds is 12. The number of aliphatic hydroxyl groups excluding tert-OH is 1. The van der Waals surface area contributed by atoms with Crippen LogP contribution in [0.1, 0.15) is 25.6 Å². The van der Waals surface area contributed by atoms with E-state index in [-0.39, 0.29) is 38.1 Å². The highest BCUT2D eigenvalue weighted by molar-refractivity contribution is 14.1. The SMILES string of the molecule is COc1nc(N)nc2c1nc(I)n2[C@@H]1OC(COP(=O)(N[C@@H](C)C(=O)OCc2ccc(F)cc2F)Oc2cccc3ncccc23)C(O)[C@@]1(C)O. The zero-order chi connectivity index (χ0) is 36.7. The van der Waals surface area contributed by atoms with Crippen LogP contribution in [-0.4, -0.2) is 78.3 Å². The van der Waals surface area contributed by atoms with Gasteiger partial charge in [0.25, 0.3) is 0 Å². The van der Waals surface area contributed by atoms with Crippen molar-refractivity contribution < 1.29 is 51.6 Å². The van der Waals surface area contributed by atoms with Gasteiger partial charge in [-0.3, -0.25) is 18.9 Å². The van der Waals surface area contributed by atoms with Crippen LogP contribution >= 0.6 is 30.3 Å². The Labute approximate surface area is 302 Å². The Kier molecular flexibility index (Phi) is 10.4. The summed E-state index contributed by atoms with van der Waals surface area (Å²) in [5.74, 6) is -2.66. The third-order valence-corrected chi connectivity index (χ3v) is 10.4. The molecule has 270 valence electrons. The molecule has 0 amide bonds. The molecule has 5 N–H and O–H groups in total. The predicted molar refractivity (Wildman–Crippen MR) is 184 cm³/mol. The Balaban J connectivity index is 1.25. The normalized spacial score (nSPS) is 22.2. The second kappa shape index (κ2) is 14.5. The summed E-state index contributed by atoms with van der Waals surface area (Å²) in [6, 6.07) is 9.57. The molecule has 1 saturated heterocycles. The number of nitrogen functional groups attached to an aromatic ring is 1. The number of anilines is 1. The number of nitrogens with one attached hydrogen (secondary N) is 1. The molecule has 1 fully saturated rings. The Morgan fingerprint density at radius 3 is 2.75 bits per heavy atom. The van der Waals surface area contributed by atoms with Gasteiger partial charge in [0.15, 0.2) is 21.2 Å². The van der Waals surface area contributed by atoms with Crippen LogP contribution in [-0.2, 0) is 30.0 Å². The number of aliphatic hydroxyl groups is 2. The number of nitrogens with zero attached hydrogens (tertiary/aromatic N) is 5. The number of hydrogen-bond acceptors (Lipinski definition) is 14. The summed E-state index contributed by atoms with van der Waals surface area (Å²) >= 11 is 1.89. The van der Waals surface area contributed by atoms with E-state index in [1.165, 1.54) is 31.6 Å². The second-order valence-corrected chi connectivity index (χ2v) is 14.3. The standard InChI is InChI=1S/C31H31F2IN7O9P/c1-15(27(43)47-13-16-9-10-17(32)12-19(16)33)40-51(45,50-21-8-4-7-20-18(21)6-5-11-36-20)48-14-22-24(42)31(2,44)28(49-22)41-25-23(37-29(41)34)26(46-3)39-30(35)38-25/h4-12,15,22,24,28,42,44H,13-14H2,1-3H3,(H,40,45)(H2,35,38,39)/t15-,22?,24?,28+,31+,51?/m0/s1. The molecule has 6 atom stereocenters. The van der Waals surface area contributed by atoms with Crippen molar-refractivity contribution in [3.63, 3.8) is 0 Å². The number of imidazole rings is 1. The lowest BCUT2D eigenvalue weighted by molar-refractivity contribution is -0.146. The zero-order valence-electron chi connectivity index (χ0n) is 27.1.